The number of fused-ring (bicyclic) bond motifs is 1. The first kappa shape index (κ1) is 11.7. The lowest BCUT2D eigenvalue weighted by Crippen LogP contribution is -2.33. The number of halogens is 1. The van der Waals surface area contributed by atoms with Crippen molar-refractivity contribution in [1.29, 1.82) is 0 Å². The van der Waals surface area contributed by atoms with E-state index in [0.717, 1.165) is 50.0 Å². The molecule has 1 atom stereocenters. The van der Waals surface area contributed by atoms with Crippen LogP contribution in [0.5, 0.6) is 0 Å². The Morgan fingerprint density at radius 2 is 2.06 bits per heavy atom. The highest BCUT2D eigenvalue weighted by Gasteiger charge is 2.27. The summed E-state index contributed by atoms with van der Waals surface area (Å²) in [6.45, 7) is 2.63. The first-order valence-electron chi connectivity index (χ1n) is 6.34. The largest absolute Gasteiger partial charge is 0.381 e. The molecule has 2 aliphatic rings. The lowest BCUT2D eigenvalue weighted by Gasteiger charge is -2.27. The molecule has 1 aromatic heterocycles. The maximum atomic E-state index is 6.07. The van der Waals surface area contributed by atoms with E-state index < -0.39 is 0 Å². The van der Waals surface area contributed by atoms with E-state index in [-0.39, 0.29) is 6.04 Å². The van der Waals surface area contributed by atoms with Gasteiger partial charge in [-0.1, -0.05) is 0 Å². The molecule has 0 saturated carbocycles. The van der Waals surface area contributed by atoms with Gasteiger partial charge in [0, 0.05) is 31.7 Å². The number of hydrogen-bond donors (Lipinski definition) is 1. The summed E-state index contributed by atoms with van der Waals surface area (Å²) in [7, 11) is 0. The standard InChI is InChI=1S/C12H18BrN3O/c13-11-10-2-1-9(14)7-16(10)12(15-11)8-3-5-17-6-4-8/h8-9H,1-7,14H2. The third-order valence-electron chi connectivity index (χ3n) is 3.81. The number of rotatable bonds is 1. The van der Waals surface area contributed by atoms with E-state index in [1.807, 2.05) is 0 Å². The summed E-state index contributed by atoms with van der Waals surface area (Å²) in [5.74, 6) is 1.75. The highest BCUT2D eigenvalue weighted by Crippen LogP contribution is 2.32. The molecule has 1 saturated heterocycles. The molecular weight excluding hydrogens is 282 g/mol. The van der Waals surface area contributed by atoms with E-state index in [9.17, 15) is 0 Å². The topological polar surface area (TPSA) is 53.1 Å². The minimum absolute atomic E-state index is 0.280. The molecular formula is C12H18BrN3O. The Kier molecular flexibility index (Phi) is 3.23. The van der Waals surface area contributed by atoms with Gasteiger partial charge in [-0.15, -0.1) is 0 Å². The molecule has 1 aromatic rings. The molecule has 2 aliphatic heterocycles. The number of imidazole rings is 1. The van der Waals surface area contributed by atoms with E-state index in [1.165, 1.54) is 11.5 Å². The quantitative estimate of drug-likeness (QED) is 0.860. The molecule has 5 heteroatoms. The van der Waals surface area contributed by atoms with E-state index in [0.29, 0.717) is 5.92 Å². The fraction of sp³-hybridized carbons (Fsp3) is 0.750. The average molecular weight is 300 g/mol. The Labute approximate surface area is 110 Å². The molecule has 2 N–H and O–H groups in total. The van der Waals surface area contributed by atoms with Crippen LogP contribution in [0.25, 0.3) is 0 Å². The highest BCUT2D eigenvalue weighted by molar-refractivity contribution is 9.10. The Morgan fingerprint density at radius 3 is 2.82 bits per heavy atom. The predicted octanol–water partition coefficient (Wildman–Crippen LogP) is 1.81. The van der Waals surface area contributed by atoms with Gasteiger partial charge in [-0.05, 0) is 41.6 Å². The molecule has 1 fully saturated rings. The summed E-state index contributed by atoms with van der Waals surface area (Å²) in [5.41, 5.74) is 7.40. The molecule has 1 unspecified atom stereocenters. The van der Waals surface area contributed by atoms with E-state index >= 15 is 0 Å². The van der Waals surface area contributed by atoms with Gasteiger partial charge in [-0.2, -0.15) is 0 Å². The smallest absolute Gasteiger partial charge is 0.127 e. The molecule has 0 bridgehead atoms. The zero-order chi connectivity index (χ0) is 11.8. The van der Waals surface area contributed by atoms with Crippen LogP contribution in [-0.2, 0) is 17.7 Å². The van der Waals surface area contributed by atoms with Crippen molar-refractivity contribution in [2.45, 2.75) is 44.2 Å². The molecule has 3 heterocycles. The van der Waals surface area contributed by atoms with Crippen LogP contribution in [0.15, 0.2) is 4.60 Å². The van der Waals surface area contributed by atoms with Crippen LogP contribution in [0, 0.1) is 0 Å². The number of ether oxygens (including phenoxy) is 1. The van der Waals surface area contributed by atoms with Gasteiger partial charge in [0.2, 0.25) is 0 Å². The summed E-state index contributed by atoms with van der Waals surface area (Å²) >= 11 is 3.59. The maximum Gasteiger partial charge on any atom is 0.127 e. The van der Waals surface area contributed by atoms with Gasteiger partial charge in [0.15, 0.2) is 0 Å². The van der Waals surface area contributed by atoms with Gasteiger partial charge in [-0.25, -0.2) is 4.98 Å². The third kappa shape index (κ3) is 2.16. The fourth-order valence-electron chi connectivity index (χ4n) is 2.83. The van der Waals surface area contributed by atoms with Gasteiger partial charge in [0.05, 0.1) is 5.69 Å². The number of nitrogens with two attached hydrogens (primary N) is 1. The lowest BCUT2D eigenvalue weighted by molar-refractivity contribution is 0.0825. The zero-order valence-corrected chi connectivity index (χ0v) is 11.4. The fourth-order valence-corrected chi connectivity index (χ4v) is 3.43. The SMILES string of the molecule is NC1CCc2c(Br)nc(C3CCOCC3)n2C1. The van der Waals surface area contributed by atoms with Crippen molar-refractivity contribution >= 4 is 15.9 Å². The second-order valence-corrected chi connectivity index (χ2v) is 5.75. The molecule has 0 aliphatic carbocycles. The van der Waals surface area contributed by atoms with Crippen LogP contribution < -0.4 is 5.73 Å². The third-order valence-corrected chi connectivity index (χ3v) is 4.44. The Morgan fingerprint density at radius 1 is 1.29 bits per heavy atom. The minimum Gasteiger partial charge on any atom is -0.381 e. The first-order chi connectivity index (χ1) is 8.25. The maximum absolute atomic E-state index is 6.07. The van der Waals surface area contributed by atoms with Crippen LogP contribution in [0.2, 0.25) is 0 Å². The number of nitrogens with zero attached hydrogens (tertiary/aromatic N) is 2. The van der Waals surface area contributed by atoms with Crippen molar-refractivity contribution in [2.75, 3.05) is 13.2 Å². The normalized spacial score (nSPS) is 25.9. The van der Waals surface area contributed by atoms with Gasteiger partial charge in [0.25, 0.3) is 0 Å². The summed E-state index contributed by atoms with van der Waals surface area (Å²) in [6.07, 6.45) is 4.27. The van der Waals surface area contributed by atoms with Crippen molar-refractivity contribution in [3.05, 3.63) is 16.1 Å². The second kappa shape index (κ2) is 4.71. The zero-order valence-electron chi connectivity index (χ0n) is 9.86. The van der Waals surface area contributed by atoms with Crippen molar-refractivity contribution in [2.24, 2.45) is 5.73 Å². The molecule has 3 rings (SSSR count). The van der Waals surface area contributed by atoms with E-state index in [1.54, 1.807) is 0 Å². The Balaban J connectivity index is 1.93. The predicted molar refractivity (Wildman–Crippen MR) is 69.0 cm³/mol. The number of aromatic nitrogens is 2. The summed E-state index contributed by atoms with van der Waals surface area (Å²) in [4.78, 5) is 4.72. The highest BCUT2D eigenvalue weighted by atomic mass is 79.9. The van der Waals surface area contributed by atoms with Crippen molar-refractivity contribution in [3.63, 3.8) is 0 Å². The summed E-state index contributed by atoms with van der Waals surface area (Å²) < 4.78 is 8.78. The Hall–Kier alpha value is -0.390. The monoisotopic (exact) mass is 299 g/mol. The second-order valence-electron chi connectivity index (χ2n) is 5.00. The summed E-state index contributed by atoms with van der Waals surface area (Å²) in [6, 6.07) is 0.280. The van der Waals surface area contributed by atoms with Gasteiger partial charge < -0.3 is 15.0 Å². The van der Waals surface area contributed by atoms with Crippen LogP contribution in [0.3, 0.4) is 0 Å². The number of hydrogen-bond acceptors (Lipinski definition) is 3. The molecule has 94 valence electrons. The van der Waals surface area contributed by atoms with E-state index in [2.05, 4.69) is 20.5 Å². The van der Waals surface area contributed by atoms with Crippen molar-refractivity contribution in [3.8, 4) is 0 Å². The first-order valence-corrected chi connectivity index (χ1v) is 7.13. The van der Waals surface area contributed by atoms with Crippen LogP contribution >= 0.6 is 15.9 Å². The van der Waals surface area contributed by atoms with Gasteiger partial charge in [-0.3, -0.25) is 0 Å². The van der Waals surface area contributed by atoms with Crippen LogP contribution in [0.1, 0.15) is 36.7 Å². The van der Waals surface area contributed by atoms with Crippen molar-refractivity contribution in [1.82, 2.24) is 9.55 Å². The van der Waals surface area contributed by atoms with Gasteiger partial charge in [0.1, 0.15) is 10.4 Å². The molecule has 0 amide bonds. The van der Waals surface area contributed by atoms with Crippen LogP contribution in [0.4, 0.5) is 0 Å². The molecule has 0 aromatic carbocycles. The average Bonchev–Trinajstić information content (AvgIpc) is 2.67. The minimum atomic E-state index is 0.280. The summed E-state index contributed by atoms with van der Waals surface area (Å²) in [5, 5.41) is 0. The van der Waals surface area contributed by atoms with Crippen molar-refractivity contribution < 1.29 is 4.74 Å². The van der Waals surface area contributed by atoms with Crippen LogP contribution in [-0.4, -0.2) is 28.8 Å². The van der Waals surface area contributed by atoms with Gasteiger partial charge >= 0.3 is 0 Å². The molecule has 0 radical (unpaired) electrons. The molecule has 4 nitrogen and oxygen atoms in total. The molecule has 0 spiro atoms. The Bertz CT molecular complexity index is 412. The van der Waals surface area contributed by atoms with E-state index in [4.69, 9.17) is 15.5 Å². The lowest BCUT2D eigenvalue weighted by atomic mass is 9.98. The molecule has 17 heavy (non-hydrogen) atoms.